The smallest absolute Gasteiger partial charge is 0.167 e. The molecular weight excluding hydrogens is 120 g/mol. The minimum absolute atomic E-state index is 0.790. The van der Waals surface area contributed by atoms with E-state index in [0.29, 0.717) is 0 Å². The van der Waals surface area contributed by atoms with Crippen molar-refractivity contribution in [1.29, 1.82) is 0 Å². The number of hydrogen-bond donors (Lipinski definition) is 2. The Balaban J connectivity index is 3.74. The van der Waals surface area contributed by atoms with Crippen LogP contribution < -0.4 is 0 Å². The van der Waals surface area contributed by atoms with Gasteiger partial charge in [0.05, 0.1) is 0 Å². The normalized spacial score (nSPS) is 12.2. The lowest BCUT2D eigenvalue weighted by molar-refractivity contribution is 0.0254. The molecule has 3 heteroatoms. The summed E-state index contributed by atoms with van der Waals surface area (Å²) < 4.78 is 0. The third kappa shape index (κ3) is 3.92. The molecule has 0 saturated heterocycles. The Hall–Kier alpha value is -0.253. The molecule has 46 valence electrons. The summed E-state index contributed by atoms with van der Waals surface area (Å²) >= 11 is 0. The van der Waals surface area contributed by atoms with Gasteiger partial charge in [-0.3, -0.25) is 0 Å². The van der Waals surface area contributed by atoms with Crippen molar-refractivity contribution in [1.82, 2.24) is 0 Å². The highest BCUT2D eigenvalue weighted by molar-refractivity contribution is 6.69. The third-order valence-corrected chi connectivity index (χ3v) is 2.20. The topological polar surface area (TPSA) is 40.5 Å². The number of hydrogen-bond acceptors (Lipinski definition) is 2. The average molecular weight is 130 g/mol. The zero-order valence-electron chi connectivity index (χ0n) is 4.83. The summed E-state index contributed by atoms with van der Waals surface area (Å²) in [6.45, 7) is 5.43. The Morgan fingerprint density at radius 2 is 2.12 bits per heavy atom. The first kappa shape index (κ1) is 7.75. The zero-order valence-corrected chi connectivity index (χ0v) is 5.83. The van der Waals surface area contributed by atoms with Gasteiger partial charge in [-0.15, -0.1) is 6.58 Å². The van der Waals surface area contributed by atoms with Crippen LogP contribution in [-0.2, 0) is 0 Å². The van der Waals surface area contributed by atoms with Gasteiger partial charge in [-0.1, -0.05) is 12.2 Å². The van der Waals surface area contributed by atoms with Crippen LogP contribution in [0.4, 0.5) is 0 Å². The summed E-state index contributed by atoms with van der Waals surface area (Å²) in [5.74, 6) is 0. The molecule has 0 aromatic heterocycles. The molecule has 0 saturated carbocycles. The van der Waals surface area contributed by atoms with Crippen LogP contribution >= 0.6 is 0 Å². The average Bonchev–Trinajstić information content (AvgIpc) is 1.65. The molecule has 0 amide bonds. The highest BCUT2D eigenvalue weighted by Crippen LogP contribution is 1.70. The summed E-state index contributed by atoms with van der Waals surface area (Å²) in [5.41, 5.74) is 3.22. The molecule has 0 atom stereocenters. The van der Waals surface area contributed by atoms with Gasteiger partial charge in [-0.2, -0.15) is 0 Å². The van der Waals surface area contributed by atoms with Crippen LogP contribution in [0.5, 0.6) is 0 Å². The Morgan fingerprint density at radius 3 is 2.25 bits per heavy atom. The molecule has 0 unspecified atom stereocenters. The summed E-state index contributed by atoms with van der Waals surface area (Å²) in [6.07, 6.45) is -1.27. The molecule has 0 aromatic carbocycles. The van der Waals surface area contributed by atoms with Crippen LogP contribution in [0.15, 0.2) is 12.3 Å². The maximum atomic E-state index is 8.33. The van der Waals surface area contributed by atoms with E-state index in [0.717, 1.165) is 0 Å². The van der Waals surface area contributed by atoms with E-state index in [4.69, 9.17) is 10.2 Å². The second-order valence-corrected chi connectivity index (χ2v) is 3.76. The van der Waals surface area contributed by atoms with Gasteiger partial charge in [0.2, 0.25) is 0 Å². The van der Waals surface area contributed by atoms with Crippen molar-refractivity contribution < 1.29 is 10.2 Å². The lowest BCUT2D eigenvalue weighted by Crippen LogP contribution is -2.11. The van der Waals surface area contributed by atoms with E-state index in [-0.39, 0.29) is 0 Å². The second-order valence-electron chi connectivity index (χ2n) is 1.53. The molecule has 0 aliphatic carbocycles. The summed E-state index contributed by atoms with van der Waals surface area (Å²) in [4.78, 5) is 0. The van der Waals surface area contributed by atoms with E-state index in [2.05, 4.69) is 6.58 Å². The van der Waals surface area contributed by atoms with Gasteiger partial charge in [0.15, 0.2) is 6.29 Å². The van der Waals surface area contributed by atoms with Gasteiger partial charge in [-0.25, -0.2) is 0 Å². The lowest BCUT2D eigenvalue weighted by atomic mass is 10.8. The van der Waals surface area contributed by atoms with Crippen LogP contribution in [0.3, 0.4) is 0 Å². The molecule has 0 aliphatic heterocycles. The summed E-state index contributed by atoms with van der Waals surface area (Å²) in [7, 11) is -0.790. The maximum absolute atomic E-state index is 8.33. The largest absolute Gasteiger partial charge is 0.365 e. The first-order valence-electron chi connectivity index (χ1n) is 2.34. The minimum atomic E-state index is -1.27. The van der Waals surface area contributed by atoms with Crippen LogP contribution in [0.25, 0.3) is 0 Å². The van der Waals surface area contributed by atoms with Crippen LogP contribution in [-0.4, -0.2) is 30.6 Å². The SMILES string of the molecule is C=C[Si](C)=CC(O)O. The predicted octanol–water partition coefficient (Wildman–Crippen LogP) is -0.469. The molecule has 0 heterocycles. The van der Waals surface area contributed by atoms with E-state index in [1.165, 1.54) is 5.67 Å². The molecule has 0 rings (SSSR count). The number of aliphatic hydroxyl groups excluding tert-OH is 1. The predicted molar refractivity (Wildman–Crippen MR) is 36.1 cm³/mol. The highest BCUT2D eigenvalue weighted by atomic mass is 28.2. The van der Waals surface area contributed by atoms with Gasteiger partial charge in [0, 0.05) is 8.41 Å². The van der Waals surface area contributed by atoms with Crippen molar-refractivity contribution in [3.05, 3.63) is 12.3 Å². The minimum Gasteiger partial charge on any atom is -0.365 e. The van der Waals surface area contributed by atoms with Gasteiger partial charge >= 0.3 is 0 Å². The maximum Gasteiger partial charge on any atom is 0.167 e. The molecule has 0 spiro atoms. The molecule has 0 radical (unpaired) electrons. The van der Waals surface area contributed by atoms with Crippen molar-refractivity contribution in [2.45, 2.75) is 12.8 Å². The molecule has 0 aliphatic rings. The molecule has 0 bridgehead atoms. The van der Waals surface area contributed by atoms with Gasteiger partial charge in [0.1, 0.15) is 0 Å². The number of aliphatic hydroxyl groups is 2. The number of rotatable bonds is 2. The standard InChI is InChI=1S/C5H10O2Si/c1-3-8(2)4-5(6)7/h3-7H,1H2,2H3. The van der Waals surface area contributed by atoms with E-state index in [1.807, 2.05) is 6.55 Å². The van der Waals surface area contributed by atoms with Crippen molar-refractivity contribution in [2.24, 2.45) is 0 Å². The monoisotopic (exact) mass is 130 g/mol. The Labute approximate surface area is 50.3 Å². The quantitative estimate of drug-likeness (QED) is 0.392. The second kappa shape index (κ2) is 3.71. The van der Waals surface area contributed by atoms with Crippen molar-refractivity contribution in [3.8, 4) is 0 Å². The molecule has 0 fully saturated rings. The van der Waals surface area contributed by atoms with Crippen LogP contribution in [0.2, 0.25) is 6.55 Å². The molecule has 2 N–H and O–H groups in total. The Morgan fingerprint density at radius 1 is 1.62 bits per heavy atom. The van der Waals surface area contributed by atoms with Crippen molar-refractivity contribution in [3.63, 3.8) is 0 Å². The fraction of sp³-hybridized carbons (Fsp3) is 0.400. The fourth-order valence-electron chi connectivity index (χ4n) is 0.303. The Kier molecular flexibility index (Phi) is 3.60. The Bertz CT molecular complexity index is 107. The van der Waals surface area contributed by atoms with Crippen LogP contribution in [0, 0.1) is 0 Å². The summed E-state index contributed by atoms with van der Waals surface area (Å²) in [5, 5.41) is 16.7. The van der Waals surface area contributed by atoms with E-state index < -0.39 is 14.7 Å². The zero-order chi connectivity index (χ0) is 6.57. The van der Waals surface area contributed by atoms with Gasteiger partial charge < -0.3 is 10.2 Å². The first-order chi connectivity index (χ1) is 3.66. The molecule has 2 nitrogen and oxygen atoms in total. The molecule has 8 heavy (non-hydrogen) atoms. The molecule has 0 aromatic rings. The fourth-order valence-corrected chi connectivity index (χ4v) is 0.910. The molecular formula is C5H10O2Si. The van der Waals surface area contributed by atoms with Gasteiger partial charge in [-0.05, 0) is 5.67 Å². The van der Waals surface area contributed by atoms with Crippen molar-refractivity contribution >= 4 is 14.1 Å². The van der Waals surface area contributed by atoms with Crippen LogP contribution in [0.1, 0.15) is 0 Å². The third-order valence-electron chi connectivity index (χ3n) is 0.734. The van der Waals surface area contributed by atoms with E-state index >= 15 is 0 Å². The van der Waals surface area contributed by atoms with E-state index in [1.54, 1.807) is 5.70 Å². The van der Waals surface area contributed by atoms with E-state index in [9.17, 15) is 0 Å². The first-order valence-corrected chi connectivity index (χ1v) is 4.49. The van der Waals surface area contributed by atoms with Gasteiger partial charge in [0.25, 0.3) is 0 Å². The van der Waals surface area contributed by atoms with Crippen molar-refractivity contribution in [2.75, 3.05) is 0 Å². The lowest BCUT2D eigenvalue weighted by Gasteiger charge is -1.92. The highest BCUT2D eigenvalue weighted by Gasteiger charge is 1.88. The summed E-state index contributed by atoms with van der Waals surface area (Å²) in [6, 6.07) is 0.